The van der Waals surface area contributed by atoms with Crippen molar-refractivity contribution in [1.82, 2.24) is 15.5 Å². The zero-order valence-electron chi connectivity index (χ0n) is 13.1. The summed E-state index contributed by atoms with van der Waals surface area (Å²) in [6.45, 7) is 9.83. The maximum atomic E-state index is 5.68. The molecule has 0 spiro atoms. The van der Waals surface area contributed by atoms with Crippen LogP contribution in [0, 0.1) is 0 Å². The summed E-state index contributed by atoms with van der Waals surface area (Å²) >= 11 is 0. The number of hydrogen-bond acceptors (Lipinski definition) is 5. The van der Waals surface area contributed by atoms with E-state index >= 15 is 0 Å². The van der Waals surface area contributed by atoms with Gasteiger partial charge in [0.05, 0.1) is 6.61 Å². The number of benzene rings is 1. The van der Waals surface area contributed by atoms with Gasteiger partial charge in [0.1, 0.15) is 5.75 Å². The molecule has 1 aromatic carbocycles. The van der Waals surface area contributed by atoms with Gasteiger partial charge < -0.3 is 14.5 Å². The second kappa shape index (κ2) is 6.72. The van der Waals surface area contributed by atoms with E-state index in [4.69, 9.17) is 9.15 Å². The Labute approximate surface area is 125 Å². The molecule has 5 heteroatoms. The van der Waals surface area contributed by atoms with Crippen molar-refractivity contribution in [3.63, 3.8) is 0 Å². The minimum absolute atomic E-state index is 0.0952. The van der Waals surface area contributed by atoms with Crippen molar-refractivity contribution < 1.29 is 9.15 Å². The monoisotopic (exact) mass is 289 g/mol. The lowest BCUT2D eigenvalue weighted by molar-refractivity contribution is 0.340. The fourth-order valence-electron chi connectivity index (χ4n) is 1.88. The molecule has 0 saturated heterocycles. The van der Waals surface area contributed by atoms with Crippen LogP contribution in [0.25, 0.3) is 11.5 Å². The first-order valence-corrected chi connectivity index (χ1v) is 7.28. The third kappa shape index (κ3) is 4.86. The van der Waals surface area contributed by atoms with Crippen LogP contribution >= 0.6 is 0 Å². The van der Waals surface area contributed by atoms with E-state index in [-0.39, 0.29) is 5.54 Å². The van der Waals surface area contributed by atoms with Crippen LogP contribution in [-0.2, 0) is 6.42 Å². The first-order valence-electron chi connectivity index (χ1n) is 7.28. The Balaban J connectivity index is 1.96. The number of aromatic nitrogens is 2. The lowest BCUT2D eigenvalue weighted by atomic mass is 10.1. The van der Waals surface area contributed by atoms with E-state index in [0.29, 0.717) is 18.4 Å². The molecule has 0 unspecified atom stereocenters. The fraction of sp³-hybridized carbons (Fsp3) is 0.500. The van der Waals surface area contributed by atoms with Gasteiger partial charge in [-0.25, -0.2) is 0 Å². The number of hydrogen-bond donors (Lipinski definition) is 1. The van der Waals surface area contributed by atoms with Gasteiger partial charge in [0.15, 0.2) is 0 Å². The van der Waals surface area contributed by atoms with Crippen LogP contribution in [0.3, 0.4) is 0 Å². The summed E-state index contributed by atoms with van der Waals surface area (Å²) < 4.78 is 11.1. The Morgan fingerprint density at radius 3 is 2.48 bits per heavy atom. The van der Waals surface area contributed by atoms with Crippen LogP contribution in [0.2, 0.25) is 0 Å². The second-order valence-corrected chi connectivity index (χ2v) is 5.89. The van der Waals surface area contributed by atoms with E-state index in [1.807, 2.05) is 31.2 Å². The molecule has 0 aliphatic rings. The smallest absolute Gasteiger partial charge is 0.247 e. The Bertz CT molecular complexity index is 556. The fourth-order valence-corrected chi connectivity index (χ4v) is 1.88. The van der Waals surface area contributed by atoms with Crippen molar-refractivity contribution in [2.45, 2.75) is 39.7 Å². The molecule has 2 rings (SSSR count). The third-order valence-corrected chi connectivity index (χ3v) is 2.87. The van der Waals surface area contributed by atoms with Gasteiger partial charge in [0.2, 0.25) is 11.8 Å². The summed E-state index contributed by atoms with van der Waals surface area (Å²) in [7, 11) is 0. The maximum absolute atomic E-state index is 5.68. The first-order chi connectivity index (χ1) is 9.98. The molecule has 0 aliphatic carbocycles. The number of rotatable bonds is 6. The average molecular weight is 289 g/mol. The third-order valence-electron chi connectivity index (χ3n) is 2.87. The quantitative estimate of drug-likeness (QED) is 0.885. The van der Waals surface area contributed by atoms with E-state index in [2.05, 4.69) is 36.3 Å². The predicted molar refractivity (Wildman–Crippen MR) is 82.4 cm³/mol. The van der Waals surface area contributed by atoms with Crippen molar-refractivity contribution >= 4 is 0 Å². The molecule has 114 valence electrons. The standard InChI is InChI=1S/C16H23N3O2/c1-5-20-13-8-6-12(7-9-13)15-19-18-14(21-15)10-11-17-16(2,3)4/h6-9,17H,5,10-11H2,1-4H3. The Kier molecular flexibility index (Phi) is 4.96. The topological polar surface area (TPSA) is 60.2 Å². The lowest BCUT2D eigenvalue weighted by Gasteiger charge is -2.19. The molecule has 1 N–H and O–H groups in total. The zero-order chi connectivity index (χ0) is 15.3. The summed E-state index contributed by atoms with van der Waals surface area (Å²) in [4.78, 5) is 0. The van der Waals surface area contributed by atoms with Crippen LogP contribution in [0.15, 0.2) is 28.7 Å². The molecule has 0 radical (unpaired) electrons. The zero-order valence-corrected chi connectivity index (χ0v) is 13.1. The molecule has 0 atom stereocenters. The number of nitrogens with zero attached hydrogens (tertiary/aromatic N) is 2. The average Bonchev–Trinajstić information content (AvgIpc) is 2.87. The normalized spacial score (nSPS) is 11.6. The highest BCUT2D eigenvalue weighted by Gasteiger charge is 2.11. The molecule has 2 aromatic rings. The van der Waals surface area contributed by atoms with Gasteiger partial charge in [0, 0.05) is 24.1 Å². The highest BCUT2D eigenvalue weighted by molar-refractivity contribution is 5.53. The van der Waals surface area contributed by atoms with Crippen molar-refractivity contribution in [2.75, 3.05) is 13.2 Å². The largest absolute Gasteiger partial charge is 0.494 e. The Hall–Kier alpha value is -1.88. The summed E-state index contributed by atoms with van der Waals surface area (Å²) in [5, 5.41) is 11.6. The molecule has 0 amide bonds. The molecular weight excluding hydrogens is 266 g/mol. The van der Waals surface area contributed by atoms with Crippen LogP contribution in [0.4, 0.5) is 0 Å². The van der Waals surface area contributed by atoms with E-state index in [1.54, 1.807) is 0 Å². The van der Waals surface area contributed by atoms with Crippen LogP contribution < -0.4 is 10.1 Å². The summed E-state index contributed by atoms with van der Waals surface area (Å²) in [6, 6.07) is 7.67. The summed E-state index contributed by atoms with van der Waals surface area (Å²) in [5.41, 5.74) is 0.999. The Morgan fingerprint density at radius 2 is 1.86 bits per heavy atom. The molecular formula is C16H23N3O2. The van der Waals surface area contributed by atoms with Crippen molar-refractivity contribution in [3.8, 4) is 17.2 Å². The number of nitrogens with one attached hydrogen (secondary N) is 1. The van der Waals surface area contributed by atoms with Gasteiger partial charge >= 0.3 is 0 Å². The molecule has 0 saturated carbocycles. The maximum Gasteiger partial charge on any atom is 0.247 e. The van der Waals surface area contributed by atoms with Crippen molar-refractivity contribution in [1.29, 1.82) is 0 Å². The van der Waals surface area contributed by atoms with Gasteiger partial charge in [0.25, 0.3) is 0 Å². The van der Waals surface area contributed by atoms with Gasteiger partial charge in [-0.05, 0) is 52.0 Å². The van der Waals surface area contributed by atoms with Gasteiger partial charge in [-0.1, -0.05) is 0 Å². The molecule has 0 aliphatic heterocycles. The highest BCUT2D eigenvalue weighted by atomic mass is 16.5. The minimum Gasteiger partial charge on any atom is -0.494 e. The summed E-state index contributed by atoms with van der Waals surface area (Å²) in [5.74, 6) is 2.04. The van der Waals surface area contributed by atoms with Crippen LogP contribution in [-0.4, -0.2) is 28.9 Å². The van der Waals surface area contributed by atoms with E-state index in [9.17, 15) is 0 Å². The van der Waals surface area contributed by atoms with Crippen LogP contribution in [0.1, 0.15) is 33.6 Å². The van der Waals surface area contributed by atoms with E-state index < -0.39 is 0 Å². The first kappa shape index (κ1) is 15.5. The van der Waals surface area contributed by atoms with Gasteiger partial charge in [-0.3, -0.25) is 0 Å². The van der Waals surface area contributed by atoms with Crippen LogP contribution in [0.5, 0.6) is 5.75 Å². The summed E-state index contributed by atoms with van der Waals surface area (Å²) in [6.07, 6.45) is 0.724. The molecule has 21 heavy (non-hydrogen) atoms. The van der Waals surface area contributed by atoms with Gasteiger partial charge in [-0.15, -0.1) is 10.2 Å². The molecule has 5 nitrogen and oxygen atoms in total. The molecule has 1 aromatic heterocycles. The Morgan fingerprint density at radius 1 is 1.14 bits per heavy atom. The minimum atomic E-state index is 0.0952. The van der Waals surface area contributed by atoms with Crippen molar-refractivity contribution in [2.24, 2.45) is 0 Å². The van der Waals surface area contributed by atoms with E-state index in [0.717, 1.165) is 24.3 Å². The van der Waals surface area contributed by atoms with Crippen molar-refractivity contribution in [3.05, 3.63) is 30.2 Å². The SMILES string of the molecule is CCOc1ccc(-c2nnc(CCNC(C)(C)C)o2)cc1. The molecule has 1 heterocycles. The second-order valence-electron chi connectivity index (χ2n) is 5.89. The van der Waals surface area contributed by atoms with E-state index in [1.165, 1.54) is 0 Å². The van der Waals surface area contributed by atoms with Gasteiger partial charge in [-0.2, -0.15) is 0 Å². The lowest BCUT2D eigenvalue weighted by Crippen LogP contribution is -2.37. The highest BCUT2D eigenvalue weighted by Crippen LogP contribution is 2.21. The molecule has 0 fully saturated rings. The number of ether oxygens (including phenoxy) is 1. The molecule has 0 bridgehead atoms. The predicted octanol–water partition coefficient (Wildman–Crippen LogP) is 3.07.